The number of rotatable bonds is 2. The fraction of sp³-hybridized carbons (Fsp3) is 0.154. The van der Waals surface area contributed by atoms with Gasteiger partial charge in [0.15, 0.2) is 0 Å². The SMILES string of the molecule is CCn1c(O)c(C2=c3cc(Cl)ccc3=NC2=O)sc1=O. The van der Waals surface area contributed by atoms with Gasteiger partial charge in [0.2, 0.25) is 5.88 Å². The Morgan fingerprint density at radius 2 is 2.15 bits per heavy atom. The fourth-order valence-corrected chi connectivity index (χ4v) is 3.32. The number of carbonyl (C=O) groups is 1. The van der Waals surface area contributed by atoms with Gasteiger partial charge in [-0.2, -0.15) is 0 Å². The average molecular weight is 309 g/mol. The molecular weight excluding hydrogens is 300 g/mol. The van der Waals surface area contributed by atoms with Gasteiger partial charge in [0.25, 0.3) is 5.91 Å². The zero-order chi connectivity index (χ0) is 14.4. The molecule has 7 heteroatoms. The molecule has 0 spiro atoms. The van der Waals surface area contributed by atoms with Crippen LogP contribution in [0.3, 0.4) is 0 Å². The van der Waals surface area contributed by atoms with Crippen LogP contribution in [0.4, 0.5) is 0 Å². The van der Waals surface area contributed by atoms with Crippen LogP contribution >= 0.6 is 22.9 Å². The van der Waals surface area contributed by atoms with Crippen LogP contribution in [-0.2, 0) is 11.3 Å². The molecule has 0 aliphatic carbocycles. The minimum Gasteiger partial charge on any atom is -0.493 e. The Bertz CT molecular complexity index is 911. The molecule has 3 rings (SSSR count). The van der Waals surface area contributed by atoms with Crippen LogP contribution in [0.25, 0.3) is 5.57 Å². The lowest BCUT2D eigenvalue weighted by molar-refractivity contribution is -0.112. The third-order valence-electron chi connectivity index (χ3n) is 3.08. The molecule has 1 aromatic carbocycles. The van der Waals surface area contributed by atoms with Crippen LogP contribution in [0.15, 0.2) is 28.0 Å². The summed E-state index contributed by atoms with van der Waals surface area (Å²) < 4.78 is 1.21. The van der Waals surface area contributed by atoms with E-state index in [-0.39, 0.29) is 21.2 Å². The van der Waals surface area contributed by atoms with Gasteiger partial charge in [-0.1, -0.05) is 22.9 Å². The predicted octanol–water partition coefficient (Wildman–Crippen LogP) is 0.647. The first-order valence-electron chi connectivity index (χ1n) is 5.88. The summed E-state index contributed by atoms with van der Waals surface area (Å²) in [5.41, 5.74) is 0.231. The molecule has 0 unspecified atom stereocenters. The summed E-state index contributed by atoms with van der Waals surface area (Å²) in [6.45, 7) is 2.08. The van der Waals surface area contributed by atoms with Crippen molar-refractivity contribution in [3.8, 4) is 5.88 Å². The number of hydrogen-bond donors (Lipinski definition) is 1. The highest BCUT2D eigenvalue weighted by atomic mass is 35.5. The van der Waals surface area contributed by atoms with Gasteiger partial charge in [0.1, 0.15) is 4.88 Å². The quantitative estimate of drug-likeness (QED) is 0.885. The van der Waals surface area contributed by atoms with Gasteiger partial charge in [-0.25, -0.2) is 4.99 Å². The van der Waals surface area contributed by atoms with Crippen molar-refractivity contribution in [3.63, 3.8) is 0 Å². The second-order valence-electron chi connectivity index (χ2n) is 4.22. The fourth-order valence-electron chi connectivity index (χ4n) is 2.14. The van der Waals surface area contributed by atoms with Crippen molar-refractivity contribution >= 4 is 34.4 Å². The number of thiazole rings is 1. The number of aromatic hydroxyl groups is 1. The monoisotopic (exact) mass is 308 g/mol. The summed E-state index contributed by atoms with van der Waals surface area (Å²) in [6, 6.07) is 4.89. The lowest BCUT2D eigenvalue weighted by Crippen LogP contribution is -2.22. The minimum absolute atomic E-state index is 0.200. The molecule has 102 valence electrons. The molecule has 2 aromatic rings. The number of nitrogens with zero attached hydrogens (tertiary/aromatic N) is 2. The van der Waals surface area contributed by atoms with Gasteiger partial charge in [-0.3, -0.25) is 14.2 Å². The lowest BCUT2D eigenvalue weighted by atomic mass is 10.1. The Labute approximate surface area is 122 Å². The molecule has 0 radical (unpaired) electrons. The zero-order valence-corrected chi connectivity index (χ0v) is 12.0. The van der Waals surface area contributed by atoms with Crippen LogP contribution in [0.1, 0.15) is 11.8 Å². The molecule has 20 heavy (non-hydrogen) atoms. The summed E-state index contributed by atoms with van der Waals surface area (Å²) in [5, 5.41) is 11.6. The Morgan fingerprint density at radius 3 is 2.80 bits per heavy atom. The van der Waals surface area contributed by atoms with E-state index in [9.17, 15) is 14.7 Å². The van der Waals surface area contributed by atoms with Gasteiger partial charge in [-0.15, -0.1) is 0 Å². The molecule has 1 amide bonds. The van der Waals surface area contributed by atoms with Crippen LogP contribution in [-0.4, -0.2) is 15.6 Å². The van der Waals surface area contributed by atoms with Gasteiger partial charge >= 0.3 is 4.87 Å². The first kappa shape index (κ1) is 13.1. The number of aromatic nitrogens is 1. The smallest absolute Gasteiger partial charge is 0.310 e. The number of fused-ring (bicyclic) bond motifs is 1. The van der Waals surface area contributed by atoms with Crippen molar-refractivity contribution in [1.29, 1.82) is 0 Å². The van der Waals surface area contributed by atoms with E-state index in [1.807, 2.05) is 0 Å². The Hall–Kier alpha value is -1.92. The molecule has 1 aliphatic rings. The third-order valence-corrected chi connectivity index (χ3v) is 4.30. The predicted molar refractivity (Wildman–Crippen MR) is 75.7 cm³/mol. The van der Waals surface area contributed by atoms with E-state index in [1.54, 1.807) is 25.1 Å². The van der Waals surface area contributed by atoms with E-state index < -0.39 is 5.91 Å². The molecule has 2 heterocycles. The van der Waals surface area contributed by atoms with Crippen molar-refractivity contribution in [2.24, 2.45) is 4.99 Å². The maximum absolute atomic E-state index is 12.0. The summed E-state index contributed by atoms with van der Waals surface area (Å²) in [5.74, 6) is -0.670. The third kappa shape index (κ3) is 1.80. The minimum atomic E-state index is -0.470. The largest absolute Gasteiger partial charge is 0.493 e. The Balaban J connectivity index is 2.41. The van der Waals surface area contributed by atoms with Crippen LogP contribution < -0.4 is 15.4 Å². The van der Waals surface area contributed by atoms with Crippen molar-refractivity contribution in [2.75, 3.05) is 0 Å². The second-order valence-corrected chi connectivity index (χ2v) is 5.62. The Kier molecular flexibility index (Phi) is 2.99. The maximum Gasteiger partial charge on any atom is 0.310 e. The number of hydrogen-bond acceptors (Lipinski definition) is 4. The molecule has 0 atom stereocenters. The number of halogens is 1. The summed E-state index contributed by atoms with van der Waals surface area (Å²) in [7, 11) is 0. The number of amides is 1. The van der Waals surface area contributed by atoms with Crippen molar-refractivity contribution < 1.29 is 9.90 Å². The van der Waals surface area contributed by atoms with Gasteiger partial charge < -0.3 is 5.11 Å². The molecule has 0 fully saturated rings. The summed E-state index contributed by atoms with van der Waals surface area (Å²) >= 11 is 6.77. The van der Waals surface area contributed by atoms with Crippen LogP contribution in [0.2, 0.25) is 5.02 Å². The highest BCUT2D eigenvalue weighted by Gasteiger charge is 2.25. The first-order valence-corrected chi connectivity index (χ1v) is 7.08. The van der Waals surface area contributed by atoms with Crippen LogP contribution in [0.5, 0.6) is 5.88 Å². The topological polar surface area (TPSA) is 71.7 Å². The van der Waals surface area contributed by atoms with Crippen molar-refractivity contribution in [2.45, 2.75) is 13.5 Å². The van der Waals surface area contributed by atoms with Gasteiger partial charge in [0, 0.05) is 16.8 Å². The van der Waals surface area contributed by atoms with E-state index in [0.717, 1.165) is 11.3 Å². The van der Waals surface area contributed by atoms with E-state index >= 15 is 0 Å². The highest BCUT2D eigenvalue weighted by molar-refractivity contribution is 7.11. The highest BCUT2D eigenvalue weighted by Crippen LogP contribution is 2.28. The standard InChI is InChI=1S/C13H9ClN2O3S/c1-2-16-12(18)10(20-13(16)19)9-7-5-6(14)3-4-8(7)15-11(9)17/h3-5,18H,2H2,1H3. The summed E-state index contributed by atoms with van der Waals surface area (Å²) in [4.78, 5) is 27.7. The molecule has 5 nitrogen and oxygen atoms in total. The van der Waals surface area contributed by atoms with Crippen LogP contribution in [0, 0.1) is 0 Å². The average Bonchev–Trinajstić information content (AvgIpc) is 2.85. The normalized spacial score (nSPS) is 13.5. The lowest BCUT2D eigenvalue weighted by Gasteiger charge is -2.00. The maximum atomic E-state index is 12.0. The van der Waals surface area contributed by atoms with Crippen molar-refractivity contribution in [3.05, 3.63) is 48.3 Å². The van der Waals surface area contributed by atoms with Gasteiger partial charge in [-0.05, 0) is 25.1 Å². The second kappa shape index (κ2) is 4.57. The van der Waals surface area contributed by atoms with Crippen molar-refractivity contribution in [1.82, 2.24) is 4.57 Å². The molecular formula is C13H9ClN2O3S. The van der Waals surface area contributed by atoms with Gasteiger partial charge in [0.05, 0.1) is 10.9 Å². The molecule has 1 aromatic heterocycles. The van der Waals surface area contributed by atoms with E-state index in [4.69, 9.17) is 11.6 Å². The number of carbonyl (C=O) groups excluding carboxylic acids is 1. The first-order chi connectivity index (χ1) is 9.52. The Morgan fingerprint density at radius 1 is 1.40 bits per heavy atom. The summed E-state index contributed by atoms with van der Waals surface area (Å²) in [6.07, 6.45) is 0. The molecule has 1 N–H and O–H groups in total. The zero-order valence-electron chi connectivity index (χ0n) is 10.4. The molecule has 0 bridgehead atoms. The van der Waals surface area contributed by atoms with E-state index in [2.05, 4.69) is 4.99 Å². The van der Waals surface area contributed by atoms with E-state index in [1.165, 1.54) is 4.57 Å². The molecule has 1 aliphatic heterocycles. The molecule has 0 saturated heterocycles. The number of benzene rings is 1. The molecule has 0 saturated carbocycles. The van der Waals surface area contributed by atoms with E-state index in [0.29, 0.717) is 22.1 Å².